The van der Waals surface area contributed by atoms with Crippen molar-refractivity contribution in [1.82, 2.24) is 0 Å². The highest BCUT2D eigenvalue weighted by molar-refractivity contribution is 9.10. The smallest absolute Gasteiger partial charge is 0.131 e. The Morgan fingerprint density at radius 3 is 2.59 bits per heavy atom. The van der Waals surface area contributed by atoms with E-state index in [1.165, 1.54) is 12.1 Å². The minimum absolute atomic E-state index is 0.345. The maximum atomic E-state index is 13.2. The van der Waals surface area contributed by atoms with Gasteiger partial charge in [-0.2, -0.15) is 0 Å². The highest BCUT2D eigenvalue weighted by atomic mass is 79.9. The molecule has 0 aliphatic carbocycles. The van der Waals surface area contributed by atoms with Gasteiger partial charge in [-0.05, 0) is 42.8 Å². The molecule has 0 saturated carbocycles. The Kier molecular flexibility index (Phi) is 3.33. The lowest BCUT2D eigenvalue weighted by molar-refractivity contribution is 0.473. The summed E-state index contributed by atoms with van der Waals surface area (Å²) >= 11 is 3.22. The van der Waals surface area contributed by atoms with Gasteiger partial charge in [0.25, 0.3) is 0 Å². The second-order valence-electron chi connectivity index (χ2n) is 3.73. The number of ether oxygens (including phenoxy) is 1. The number of nitrogens with two attached hydrogens (primary N) is 1. The zero-order valence-electron chi connectivity index (χ0n) is 9.21. The number of hydrogen-bond acceptors (Lipinski definition) is 2. The average molecular weight is 296 g/mol. The Bertz CT molecular complexity index is 537. The number of halogens is 2. The van der Waals surface area contributed by atoms with Crippen LogP contribution < -0.4 is 10.5 Å². The molecule has 0 heterocycles. The lowest BCUT2D eigenvalue weighted by atomic mass is 10.2. The summed E-state index contributed by atoms with van der Waals surface area (Å²) in [5.41, 5.74) is 7.23. The molecule has 0 bridgehead atoms. The van der Waals surface area contributed by atoms with Crippen molar-refractivity contribution < 1.29 is 9.13 Å². The van der Waals surface area contributed by atoms with Gasteiger partial charge in [-0.15, -0.1) is 0 Å². The van der Waals surface area contributed by atoms with Crippen molar-refractivity contribution in [3.8, 4) is 11.5 Å². The van der Waals surface area contributed by atoms with Crippen LogP contribution in [-0.4, -0.2) is 0 Å². The van der Waals surface area contributed by atoms with Crippen LogP contribution in [0.2, 0.25) is 0 Å². The highest BCUT2D eigenvalue weighted by Gasteiger charge is 2.04. The van der Waals surface area contributed by atoms with E-state index < -0.39 is 0 Å². The number of hydrogen-bond donors (Lipinski definition) is 1. The molecule has 0 aromatic heterocycles. The molecule has 0 spiro atoms. The Hall–Kier alpha value is -1.55. The van der Waals surface area contributed by atoms with Crippen LogP contribution in [0, 0.1) is 12.7 Å². The molecule has 0 atom stereocenters. The summed E-state index contributed by atoms with van der Waals surface area (Å²) in [6, 6.07) is 9.74. The van der Waals surface area contributed by atoms with Crippen LogP contribution in [-0.2, 0) is 0 Å². The predicted octanol–water partition coefficient (Wildman–Crippen LogP) is 4.27. The van der Waals surface area contributed by atoms with E-state index >= 15 is 0 Å². The van der Waals surface area contributed by atoms with Gasteiger partial charge in [0.15, 0.2) is 0 Å². The minimum atomic E-state index is -0.345. The maximum absolute atomic E-state index is 13.2. The molecule has 17 heavy (non-hydrogen) atoms. The summed E-state index contributed by atoms with van der Waals surface area (Å²) in [7, 11) is 0. The van der Waals surface area contributed by atoms with Crippen molar-refractivity contribution in [2.24, 2.45) is 0 Å². The Morgan fingerprint density at radius 1 is 1.18 bits per heavy atom. The van der Waals surface area contributed by atoms with Gasteiger partial charge in [0, 0.05) is 16.2 Å². The first-order chi connectivity index (χ1) is 8.04. The lowest BCUT2D eigenvalue weighted by Gasteiger charge is -2.09. The van der Waals surface area contributed by atoms with Crippen molar-refractivity contribution in [2.45, 2.75) is 6.92 Å². The maximum Gasteiger partial charge on any atom is 0.131 e. The van der Waals surface area contributed by atoms with Crippen molar-refractivity contribution in [3.63, 3.8) is 0 Å². The molecule has 4 heteroatoms. The molecule has 88 valence electrons. The highest BCUT2D eigenvalue weighted by Crippen LogP contribution is 2.29. The zero-order chi connectivity index (χ0) is 12.4. The second-order valence-corrected chi connectivity index (χ2v) is 4.65. The van der Waals surface area contributed by atoms with Crippen molar-refractivity contribution in [1.29, 1.82) is 0 Å². The number of benzene rings is 2. The Labute approximate surface area is 107 Å². The van der Waals surface area contributed by atoms with Crippen LogP contribution >= 0.6 is 15.9 Å². The monoisotopic (exact) mass is 295 g/mol. The van der Waals surface area contributed by atoms with Crippen LogP contribution in [0.15, 0.2) is 40.9 Å². The normalized spacial score (nSPS) is 10.3. The van der Waals surface area contributed by atoms with E-state index in [1.807, 2.05) is 13.0 Å². The third-order valence-electron chi connectivity index (χ3n) is 2.26. The molecule has 2 aromatic rings. The number of anilines is 1. The quantitative estimate of drug-likeness (QED) is 0.840. The van der Waals surface area contributed by atoms with E-state index in [2.05, 4.69) is 15.9 Å². The first kappa shape index (κ1) is 11.9. The fourth-order valence-corrected chi connectivity index (χ4v) is 1.95. The molecule has 2 aromatic carbocycles. The van der Waals surface area contributed by atoms with Gasteiger partial charge in [0.1, 0.15) is 17.3 Å². The largest absolute Gasteiger partial charge is 0.457 e. The minimum Gasteiger partial charge on any atom is -0.457 e. The Morgan fingerprint density at radius 2 is 1.94 bits per heavy atom. The molecule has 0 unspecified atom stereocenters. The summed E-state index contributed by atoms with van der Waals surface area (Å²) in [5, 5.41) is 0. The summed E-state index contributed by atoms with van der Waals surface area (Å²) in [4.78, 5) is 0. The second kappa shape index (κ2) is 4.75. The molecule has 0 saturated heterocycles. The van der Waals surface area contributed by atoms with Crippen LogP contribution in [0.4, 0.5) is 10.1 Å². The number of rotatable bonds is 2. The SMILES string of the molecule is Cc1cc(N)ccc1Oc1cc(F)cc(Br)c1. The van der Waals surface area contributed by atoms with Gasteiger partial charge in [-0.1, -0.05) is 15.9 Å². The van der Waals surface area contributed by atoms with Gasteiger partial charge >= 0.3 is 0 Å². The first-order valence-electron chi connectivity index (χ1n) is 5.04. The van der Waals surface area contributed by atoms with E-state index in [9.17, 15) is 4.39 Å². The number of nitrogen functional groups attached to an aromatic ring is 1. The topological polar surface area (TPSA) is 35.2 Å². The molecule has 0 radical (unpaired) electrons. The van der Waals surface area contributed by atoms with E-state index in [1.54, 1.807) is 18.2 Å². The molecular weight excluding hydrogens is 285 g/mol. The van der Waals surface area contributed by atoms with Crippen molar-refractivity contribution in [2.75, 3.05) is 5.73 Å². The van der Waals surface area contributed by atoms with Crippen LogP contribution in [0.1, 0.15) is 5.56 Å². The summed E-state index contributed by atoms with van der Waals surface area (Å²) in [5.74, 6) is 0.768. The molecule has 0 aliphatic rings. The fourth-order valence-electron chi connectivity index (χ4n) is 1.50. The van der Waals surface area contributed by atoms with Gasteiger partial charge < -0.3 is 10.5 Å². The van der Waals surface area contributed by atoms with Crippen molar-refractivity contribution >= 4 is 21.6 Å². The third-order valence-corrected chi connectivity index (χ3v) is 2.72. The van der Waals surface area contributed by atoms with Gasteiger partial charge in [0.05, 0.1) is 0 Å². The molecule has 2 N–H and O–H groups in total. The van der Waals surface area contributed by atoms with E-state index in [-0.39, 0.29) is 5.82 Å². The van der Waals surface area contributed by atoms with Gasteiger partial charge in [-0.3, -0.25) is 0 Å². The fraction of sp³-hybridized carbons (Fsp3) is 0.0769. The van der Waals surface area contributed by atoms with Crippen molar-refractivity contribution in [3.05, 3.63) is 52.3 Å². The van der Waals surface area contributed by atoms with E-state index in [0.29, 0.717) is 21.7 Å². The molecule has 2 rings (SSSR count). The van der Waals surface area contributed by atoms with Gasteiger partial charge in [-0.25, -0.2) is 4.39 Å². The lowest BCUT2D eigenvalue weighted by Crippen LogP contribution is -1.91. The number of aryl methyl sites for hydroxylation is 1. The van der Waals surface area contributed by atoms with E-state index in [0.717, 1.165) is 5.56 Å². The Balaban J connectivity index is 2.31. The molecule has 0 aliphatic heterocycles. The molecule has 0 fully saturated rings. The summed E-state index contributed by atoms with van der Waals surface area (Å²) in [6.07, 6.45) is 0. The third kappa shape index (κ3) is 2.97. The first-order valence-corrected chi connectivity index (χ1v) is 5.84. The van der Waals surface area contributed by atoms with Crippen LogP contribution in [0.5, 0.6) is 11.5 Å². The van der Waals surface area contributed by atoms with E-state index in [4.69, 9.17) is 10.5 Å². The zero-order valence-corrected chi connectivity index (χ0v) is 10.8. The standard InChI is InChI=1S/C13H11BrFNO/c1-8-4-11(16)2-3-13(8)17-12-6-9(14)5-10(15)7-12/h2-7H,16H2,1H3. The van der Waals surface area contributed by atoms with Gasteiger partial charge in [0.2, 0.25) is 0 Å². The molecule has 0 amide bonds. The summed E-state index contributed by atoms with van der Waals surface area (Å²) < 4.78 is 19.4. The average Bonchev–Trinajstić information content (AvgIpc) is 2.21. The molecule has 2 nitrogen and oxygen atoms in total. The van der Waals surface area contributed by atoms with Crippen LogP contribution in [0.25, 0.3) is 0 Å². The predicted molar refractivity (Wildman–Crippen MR) is 69.8 cm³/mol. The molecular formula is C13H11BrFNO. The van der Waals surface area contributed by atoms with Crippen LogP contribution in [0.3, 0.4) is 0 Å². The summed E-state index contributed by atoms with van der Waals surface area (Å²) in [6.45, 7) is 1.89.